The van der Waals surface area contributed by atoms with Gasteiger partial charge in [0.25, 0.3) is 5.91 Å². The van der Waals surface area contributed by atoms with Gasteiger partial charge in [0, 0.05) is 5.56 Å². The molecule has 3 aromatic rings. The van der Waals surface area contributed by atoms with E-state index in [1.165, 1.54) is 23.9 Å². The van der Waals surface area contributed by atoms with Crippen molar-refractivity contribution >= 4 is 17.7 Å². The van der Waals surface area contributed by atoms with Crippen molar-refractivity contribution in [1.82, 2.24) is 15.3 Å². The third-order valence-electron chi connectivity index (χ3n) is 4.58. The quantitative estimate of drug-likeness (QED) is 0.482. The molecule has 1 heterocycles. The molecule has 0 spiro atoms. The van der Waals surface area contributed by atoms with Gasteiger partial charge in [0.2, 0.25) is 0 Å². The van der Waals surface area contributed by atoms with Crippen LogP contribution in [0.4, 0.5) is 4.39 Å². The van der Waals surface area contributed by atoms with Crippen molar-refractivity contribution in [2.45, 2.75) is 31.8 Å². The average Bonchev–Trinajstić information content (AvgIpc) is 2.67. The van der Waals surface area contributed by atoms with Gasteiger partial charge in [-0.15, -0.1) is 11.8 Å². The van der Waals surface area contributed by atoms with Crippen LogP contribution in [0.3, 0.4) is 0 Å². The summed E-state index contributed by atoms with van der Waals surface area (Å²) >= 11 is 1.39. The predicted octanol–water partition coefficient (Wildman–Crippen LogP) is 5.11. The Morgan fingerprint density at radius 2 is 1.75 bits per heavy atom. The van der Waals surface area contributed by atoms with Crippen molar-refractivity contribution in [2.75, 3.05) is 6.26 Å². The first kappa shape index (κ1) is 20.0. The standard InChI is InChI=1S/C22H22FN3OS/c1-13-7-5-6-8-18(13)14(2)25-21(27)19-15(3)24-20(26-22(19)28-4)16-9-11-17(23)12-10-16/h5-12,14H,1-4H3,(H,25,27)/t14-/m1/s1. The maximum Gasteiger partial charge on any atom is 0.256 e. The Bertz CT molecular complexity index is 1010. The summed E-state index contributed by atoms with van der Waals surface area (Å²) in [6.45, 7) is 5.78. The van der Waals surface area contributed by atoms with Crippen LogP contribution in [-0.4, -0.2) is 22.1 Å². The second-order valence-electron chi connectivity index (χ2n) is 6.58. The topological polar surface area (TPSA) is 54.9 Å². The summed E-state index contributed by atoms with van der Waals surface area (Å²) in [4.78, 5) is 22.0. The number of aromatic nitrogens is 2. The second kappa shape index (κ2) is 8.52. The highest BCUT2D eigenvalue weighted by Gasteiger charge is 2.21. The molecule has 0 fully saturated rings. The third-order valence-corrected chi connectivity index (χ3v) is 5.26. The van der Waals surface area contributed by atoms with Gasteiger partial charge in [0.05, 0.1) is 17.3 Å². The van der Waals surface area contributed by atoms with E-state index in [9.17, 15) is 9.18 Å². The van der Waals surface area contributed by atoms with E-state index in [0.29, 0.717) is 27.7 Å². The number of nitrogens with one attached hydrogen (secondary N) is 1. The van der Waals surface area contributed by atoms with Crippen LogP contribution >= 0.6 is 11.8 Å². The number of hydrogen-bond acceptors (Lipinski definition) is 4. The fraction of sp³-hybridized carbons (Fsp3) is 0.227. The van der Waals surface area contributed by atoms with E-state index < -0.39 is 0 Å². The highest BCUT2D eigenvalue weighted by Crippen LogP contribution is 2.26. The molecule has 0 aliphatic heterocycles. The molecule has 3 rings (SSSR count). The first-order valence-electron chi connectivity index (χ1n) is 8.95. The molecule has 6 heteroatoms. The molecule has 0 saturated carbocycles. The van der Waals surface area contributed by atoms with E-state index in [0.717, 1.165) is 11.1 Å². The molecule has 1 amide bonds. The molecule has 0 unspecified atom stereocenters. The highest BCUT2D eigenvalue weighted by atomic mass is 32.2. The molecule has 0 aliphatic rings. The van der Waals surface area contributed by atoms with Gasteiger partial charge in [0.1, 0.15) is 10.8 Å². The van der Waals surface area contributed by atoms with Crippen molar-refractivity contribution in [3.8, 4) is 11.4 Å². The number of amides is 1. The Labute approximate surface area is 168 Å². The molecule has 28 heavy (non-hydrogen) atoms. The maximum absolute atomic E-state index is 13.2. The Morgan fingerprint density at radius 1 is 1.07 bits per heavy atom. The summed E-state index contributed by atoms with van der Waals surface area (Å²) in [5.74, 6) is -0.0413. The lowest BCUT2D eigenvalue weighted by Gasteiger charge is -2.18. The number of benzene rings is 2. The summed E-state index contributed by atoms with van der Waals surface area (Å²) in [5.41, 5.74) is 3.97. The number of halogens is 1. The van der Waals surface area contributed by atoms with Gasteiger partial charge in [-0.05, 0) is 62.4 Å². The number of nitrogens with zero attached hydrogens (tertiary/aromatic N) is 2. The average molecular weight is 396 g/mol. The van der Waals surface area contributed by atoms with Crippen LogP contribution < -0.4 is 5.32 Å². The van der Waals surface area contributed by atoms with Gasteiger partial charge in [0.15, 0.2) is 5.82 Å². The van der Waals surface area contributed by atoms with E-state index in [1.54, 1.807) is 19.1 Å². The SMILES string of the molecule is CSc1nc(-c2ccc(F)cc2)nc(C)c1C(=O)N[C@H](C)c1ccccc1C. The minimum Gasteiger partial charge on any atom is -0.345 e. The smallest absolute Gasteiger partial charge is 0.256 e. The molecular formula is C22H22FN3OS. The number of rotatable bonds is 5. The second-order valence-corrected chi connectivity index (χ2v) is 7.37. The molecule has 1 aromatic heterocycles. The predicted molar refractivity (Wildman–Crippen MR) is 111 cm³/mol. The monoisotopic (exact) mass is 395 g/mol. The zero-order valence-corrected chi connectivity index (χ0v) is 17.1. The molecule has 144 valence electrons. The van der Waals surface area contributed by atoms with Gasteiger partial charge in [-0.25, -0.2) is 14.4 Å². The lowest BCUT2D eigenvalue weighted by molar-refractivity contribution is 0.0935. The van der Waals surface area contributed by atoms with Crippen LogP contribution in [0.1, 0.15) is 40.1 Å². The first-order valence-corrected chi connectivity index (χ1v) is 10.2. The Hall–Kier alpha value is -2.73. The van der Waals surface area contributed by atoms with E-state index >= 15 is 0 Å². The molecule has 4 nitrogen and oxygen atoms in total. The van der Waals surface area contributed by atoms with Crippen molar-refractivity contribution in [3.63, 3.8) is 0 Å². The third kappa shape index (κ3) is 4.22. The van der Waals surface area contributed by atoms with E-state index in [1.807, 2.05) is 44.4 Å². The fourth-order valence-corrected chi connectivity index (χ4v) is 3.73. The van der Waals surface area contributed by atoms with Crippen molar-refractivity contribution in [2.24, 2.45) is 0 Å². The molecule has 2 aromatic carbocycles. The molecule has 0 saturated heterocycles. The van der Waals surface area contributed by atoms with Crippen LogP contribution in [0.5, 0.6) is 0 Å². The lowest BCUT2D eigenvalue weighted by atomic mass is 10.0. The van der Waals surface area contributed by atoms with Crippen molar-refractivity contribution in [1.29, 1.82) is 0 Å². The minimum absolute atomic E-state index is 0.139. The van der Waals surface area contributed by atoms with Crippen molar-refractivity contribution in [3.05, 3.63) is 76.7 Å². The highest BCUT2D eigenvalue weighted by molar-refractivity contribution is 7.98. The normalized spacial score (nSPS) is 11.9. The van der Waals surface area contributed by atoms with Gasteiger partial charge in [-0.1, -0.05) is 24.3 Å². The summed E-state index contributed by atoms with van der Waals surface area (Å²) in [7, 11) is 0. The van der Waals surface area contributed by atoms with Gasteiger partial charge < -0.3 is 5.32 Å². The van der Waals surface area contributed by atoms with E-state index in [4.69, 9.17) is 0 Å². The largest absolute Gasteiger partial charge is 0.345 e. The number of aryl methyl sites for hydroxylation is 2. The Morgan fingerprint density at radius 3 is 2.39 bits per heavy atom. The van der Waals surface area contributed by atoms with Crippen LogP contribution in [0.2, 0.25) is 0 Å². The van der Waals surface area contributed by atoms with Crippen molar-refractivity contribution < 1.29 is 9.18 Å². The Balaban J connectivity index is 1.91. The lowest BCUT2D eigenvalue weighted by Crippen LogP contribution is -2.29. The summed E-state index contributed by atoms with van der Waals surface area (Å²) < 4.78 is 13.2. The zero-order chi connectivity index (χ0) is 20.3. The summed E-state index contributed by atoms with van der Waals surface area (Å²) in [6.07, 6.45) is 1.87. The number of carbonyl (C=O) groups excluding carboxylic acids is 1. The van der Waals surface area contributed by atoms with Gasteiger partial charge >= 0.3 is 0 Å². The molecular weight excluding hydrogens is 373 g/mol. The molecule has 0 bridgehead atoms. The van der Waals surface area contributed by atoms with Crippen LogP contribution in [0, 0.1) is 19.7 Å². The van der Waals surface area contributed by atoms with Crippen LogP contribution in [0.25, 0.3) is 11.4 Å². The van der Waals surface area contributed by atoms with E-state index in [-0.39, 0.29) is 17.8 Å². The molecule has 1 N–H and O–H groups in total. The summed E-state index contributed by atoms with van der Waals surface area (Å²) in [5, 5.41) is 3.65. The van der Waals surface area contributed by atoms with Crippen LogP contribution in [-0.2, 0) is 0 Å². The van der Waals surface area contributed by atoms with E-state index in [2.05, 4.69) is 15.3 Å². The fourth-order valence-electron chi connectivity index (χ4n) is 3.10. The number of thioether (sulfide) groups is 1. The summed E-state index contributed by atoms with van der Waals surface area (Å²) in [6, 6.07) is 13.8. The number of hydrogen-bond donors (Lipinski definition) is 1. The first-order chi connectivity index (χ1) is 13.4. The minimum atomic E-state index is -0.313. The molecule has 0 radical (unpaired) electrons. The van der Waals surface area contributed by atoms with Gasteiger partial charge in [-0.2, -0.15) is 0 Å². The van der Waals surface area contributed by atoms with Gasteiger partial charge in [-0.3, -0.25) is 4.79 Å². The number of carbonyl (C=O) groups is 1. The Kier molecular flexibility index (Phi) is 6.09. The molecule has 0 aliphatic carbocycles. The molecule has 1 atom stereocenters. The zero-order valence-electron chi connectivity index (χ0n) is 16.3. The maximum atomic E-state index is 13.2. The van der Waals surface area contributed by atoms with Crippen LogP contribution in [0.15, 0.2) is 53.6 Å².